The Hall–Kier alpha value is -1.03. The van der Waals surface area contributed by atoms with Crippen molar-refractivity contribution in [2.45, 2.75) is 45.6 Å². The van der Waals surface area contributed by atoms with Gasteiger partial charge in [0.25, 0.3) is 0 Å². The zero-order valence-corrected chi connectivity index (χ0v) is 10.8. The summed E-state index contributed by atoms with van der Waals surface area (Å²) in [6.07, 6.45) is 7.95. The maximum atomic E-state index is 11.7. The van der Waals surface area contributed by atoms with Crippen molar-refractivity contribution >= 4 is 6.03 Å². The Morgan fingerprint density at radius 3 is 2.82 bits per heavy atom. The van der Waals surface area contributed by atoms with E-state index in [1.165, 1.54) is 0 Å². The van der Waals surface area contributed by atoms with E-state index < -0.39 is 0 Å². The fourth-order valence-corrected chi connectivity index (χ4v) is 1.87. The second-order valence-electron chi connectivity index (χ2n) is 5.45. The summed E-state index contributed by atoms with van der Waals surface area (Å²) in [4.78, 5) is 11.7. The largest absolute Gasteiger partial charge is 0.396 e. The molecule has 0 bridgehead atoms. The van der Waals surface area contributed by atoms with Crippen LogP contribution in [0.5, 0.6) is 0 Å². The first-order chi connectivity index (χ1) is 8.03. The van der Waals surface area contributed by atoms with Gasteiger partial charge in [0, 0.05) is 19.2 Å². The van der Waals surface area contributed by atoms with E-state index in [2.05, 4.69) is 22.8 Å². The molecule has 0 spiro atoms. The van der Waals surface area contributed by atoms with Crippen LogP contribution in [0.4, 0.5) is 4.79 Å². The lowest BCUT2D eigenvalue weighted by molar-refractivity contribution is 0.200. The summed E-state index contributed by atoms with van der Waals surface area (Å²) < 4.78 is 0. The highest BCUT2D eigenvalue weighted by atomic mass is 16.3. The number of carbonyl (C=O) groups is 1. The second-order valence-corrected chi connectivity index (χ2v) is 5.45. The standard InChI is InChI=1S/C13H24N2O2/c1-13(2,8-9-16)10-14-12(17)15-11-6-4-3-5-7-11/h3-4,11,16H,5-10H2,1-2H3,(H2,14,15,17). The van der Waals surface area contributed by atoms with Crippen LogP contribution < -0.4 is 10.6 Å². The smallest absolute Gasteiger partial charge is 0.315 e. The first kappa shape index (κ1) is 14.0. The van der Waals surface area contributed by atoms with E-state index in [4.69, 9.17) is 5.11 Å². The third-order valence-electron chi connectivity index (χ3n) is 3.12. The van der Waals surface area contributed by atoms with Crippen molar-refractivity contribution in [3.63, 3.8) is 0 Å². The molecule has 1 atom stereocenters. The predicted octanol–water partition coefficient (Wildman–Crippen LogP) is 1.80. The number of rotatable bonds is 5. The Bertz CT molecular complexity index is 275. The monoisotopic (exact) mass is 240 g/mol. The van der Waals surface area contributed by atoms with Gasteiger partial charge < -0.3 is 15.7 Å². The summed E-state index contributed by atoms with van der Waals surface area (Å²) >= 11 is 0. The third kappa shape index (κ3) is 5.73. The minimum Gasteiger partial charge on any atom is -0.396 e. The first-order valence-electron chi connectivity index (χ1n) is 6.34. The Labute approximate surface area is 103 Å². The number of amides is 2. The van der Waals surface area contributed by atoms with Gasteiger partial charge in [-0.3, -0.25) is 0 Å². The van der Waals surface area contributed by atoms with Gasteiger partial charge in [0.15, 0.2) is 0 Å². The molecule has 0 fully saturated rings. The van der Waals surface area contributed by atoms with E-state index in [0.717, 1.165) is 19.3 Å². The van der Waals surface area contributed by atoms with Crippen molar-refractivity contribution in [1.82, 2.24) is 10.6 Å². The van der Waals surface area contributed by atoms with Gasteiger partial charge in [0.1, 0.15) is 0 Å². The number of nitrogens with one attached hydrogen (secondary N) is 2. The van der Waals surface area contributed by atoms with E-state index in [0.29, 0.717) is 13.0 Å². The average molecular weight is 240 g/mol. The van der Waals surface area contributed by atoms with E-state index in [1.54, 1.807) is 0 Å². The molecule has 0 aromatic heterocycles. The maximum Gasteiger partial charge on any atom is 0.315 e. The molecule has 0 aromatic rings. The quantitative estimate of drug-likeness (QED) is 0.642. The molecule has 3 N–H and O–H groups in total. The van der Waals surface area contributed by atoms with E-state index in [9.17, 15) is 4.79 Å². The molecular weight excluding hydrogens is 216 g/mol. The third-order valence-corrected chi connectivity index (χ3v) is 3.12. The molecular formula is C13H24N2O2. The van der Waals surface area contributed by atoms with Gasteiger partial charge in [-0.1, -0.05) is 26.0 Å². The van der Waals surface area contributed by atoms with Gasteiger partial charge in [-0.25, -0.2) is 4.79 Å². The SMILES string of the molecule is CC(C)(CCO)CNC(=O)NC1CC=CCC1. The summed E-state index contributed by atoms with van der Waals surface area (Å²) in [6.45, 7) is 4.81. The van der Waals surface area contributed by atoms with Crippen molar-refractivity contribution in [1.29, 1.82) is 0 Å². The molecule has 17 heavy (non-hydrogen) atoms. The zero-order valence-electron chi connectivity index (χ0n) is 10.8. The highest BCUT2D eigenvalue weighted by Crippen LogP contribution is 2.17. The van der Waals surface area contributed by atoms with Crippen LogP contribution in [-0.4, -0.2) is 30.3 Å². The van der Waals surface area contributed by atoms with Gasteiger partial charge in [-0.2, -0.15) is 0 Å². The van der Waals surface area contributed by atoms with Crippen molar-refractivity contribution in [3.8, 4) is 0 Å². The zero-order chi connectivity index (χ0) is 12.7. The molecule has 1 aliphatic rings. The molecule has 0 radical (unpaired) electrons. The van der Waals surface area contributed by atoms with Crippen molar-refractivity contribution in [2.24, 2.45) is 5.41 Å². The van der Waals surface area contributed by atoms with Crippen LogP contribution in [0, 0.1) is 5.41 Å². The fraction of sp³-hybridized carbons (Fsp3) is 0.769. The fourth-order valence-electron chi connectivity index (χ4n) is 1.87. The van der Waals surface area contributed by atoms with Crippen molar-refractivity contribution in [2.75, 3.05) is 13.2 Å². The summed E-state index contributed by atoms with van der Waals surface area (Å²) in [6, 6.07) is 0.164. The highest BCUT2D eigenvalue weighted by Gasteiger charge is 2.19. The van der Waals surface area contributed by atoms with Crippen LogP contribution in [0.25, 0.3) is 0 Å². The summed E-state index contributed by atoms with van der Waals surface area (Å²) in [7, 11) is 0. The van der Waals surface area contributed by atoms with Gasteiger partial charge >= 0.3 is 6.03 Å². The number of hydrogen-bond acceptors (Lipinski definition) is 2. The minimum atomic E-state index is -0.101. The number of hydrogen-bond donors (Lipinski definition) is 3. The van der Waals surface area contributed by atoms with Crippen LogP contribution in [0.2, 0.25) is 0 Å². The van der Waals surface area contributed by atoms with Crippen LogP contribution in [-0.2, 0) is 0 Å². The molecule has 0 aromatic carbocycles. The first-order valence-corrected chi connectivity index (χ1v) is 6.34. The number of carbonyl (C=O) groups excluding carboxylic acids is 1. The van der Waals surface area contributed by atoms with Crippen molar-refractivity contribution < 1.29 is 9.90 Å². The molecule has 0 aliphatic heterocycles. The number of aliphatic hydroxyl groups is 1. The minimum absolute atomic E-state index is 0.0570. The van der Waals surface area contributed by atoms with E-state index in [1.807, 2.05) is 13.8 Å². The molecule has 4 heteroatoms. The Kier molecular flexibility index (Phi) is 5.48. The summed E-state index contributed by atoms with van der Waals surface area (Å²) in [5.41, 5.74) is -0.0570. The Morgan fingerprint density at radius 1 is 1.47 bits per heavy atom. The average Bonchev–Trinajstić information content (AvgIpc) is 2.28. The lowest BCUT2D eigenvalue weighted by Gasteiger charge is -2.25. The lowest BCUT2D eigenvalue weighted by atomic mass is 9.90. The molecule has 1 rings (SSSR count). The summed E-state index contributed by atoms with van der Waals surface area (Å²) in [5.74, 6) is 0. The van der Waals surface area contributed by atoms with Crippen molar-refractivity contribution in [3.05, 3.63) is 12.2 Å². The molecule has 0 saturated heterocycles. The maximum absolute atomic E-state index is 11.7. The normalized spacial score (nSPS) is 20.1. The highest BCUT2D eigenvalue weighted by molar-refractivity contribution is 5.74. The molecule has 0 heterocycles. The second kappa shape index (κ2) is 6.64. The molecule has 4 nitrogen and oxygen atoms in total. The Morgan fingerprint density at radius 2 is 2.24 bits per heavy atom. The van der Waals surface area contributed by atoms with Gasteiger partial charge in [-0.05, 0) is 31.1 Å². The Balaban J connectivity index is 2.22. The van der Waals surface area contributed by atoms with Crippen LogP contribution in [0.15, 0.2) is 12.2 Å². The summed E-state index contributed by atoms with van der Waals surface area (Å²) in [5, 5.41) is 14.7. The van der Waals surface area contributed by atoms with Crippen LogP contribution in [0.1, 0.15) is 39.5 Å². The van der Waals surface area contributed by atoms with Crippen LogP contribution >= 0.6 is 0 Å². The van der Waals surface area contributed by atoms with Gasteiger partial charge in [-0.15, -0.1) is 0 Å². The van der Waals surface area contributed by atoms with Gasteiger partial charge in [0.2, 0.25) is 0 Å². The molecule has 0 saturated carbocycles. The van der Waals surface area contributed by atoms with Crippen LogP contribution in [0.3, 0.4) is 0 Å². The number of allylic oxidation sites excluding steroid dienone is 1. The predicted molar refractivity (Wildman–Crippen MR) is 68.8 cm³/mol. The molecule has 2 amide bonds. The topological polar surface area (TPSA) is 61.4 Å². The van der Waals surface area contributed by atoms with E-state index >= 15 is 0 Å². The number of urea groups is 1. The number of aliphatic hydroxyl groups excluding tert-OH is 1. The van der Waals surface area contributed by atoms with Gasteiger partial charge in [0.05, 0.1) is 0 Å². The molecule has 98 valence electrons. The molecule has 1 aliphatic carbocycles. The molecule has 1 unspecified atom stereocenters. The lowest BCUT2D eigenvalue weighted by Crippen LogP contribution is -2.45. The van der Waals surface area contributed by atoms with E-state index in [-0.39, 0.29) is 24.1 Å².